The van der Waals surface area contributed by atoms with Crippen molar-refractivity contribution in [1.29, 1.82) is 0 Å². The standard InChI is InChI=1S/C22H18ClN5O2/c1-14-7-12-20(24-13-14)30-17-10-8-16(9-11-17)25-22(29)21-15(2)28(27-26-21)19-6-4-3-5-18(19)23/h3-13H,1-2H3,(H,25,29). The van der Waals surface area contributed by atoms with Gasteiger partial charge < -0.3 is 10.1 Å². The number of aryl methyl sites for hydroxylation is 1. The summed E-state index contributed by atoms with van der Waals surface area (Å²) in [5, 5.41) is 11.4. The maximum atomic E-state index is 12.7. The van der Waals surface area contributed by atoms with E-state index >= 15 is 0 Å². The van der Waals surface area contributed by atoms with Gasteiger partial charge in [0.05, 0.1) is 16.4 Å². The van der Waals surface area contributed by atoms with Crippen LogP contribution in [0.4, 0.5) is 5.69 Å². The third-order valence-electron chi connectivity index (χ3n) is 4.41. The van der Waals surface area contributed by atoms with Crippen LogP contribution in [0.25, 0.3) is 5.69 Å². The fourth-order valence-electron chi connectivity index (χ4n) is 2.82. The van der Waals surface area contributed by atoms with Gasteiger partial charge in [0, 0.05) is 18.0 Å². The van der Waals surface area contributed by atoms with E-state index in [-0.39, 0.29) is 11.6 Å². The van der Waals surface area contributed by atoms with Crippen molar-refractivity contribution in [2.45, 2.75) is 13.8 Å². The van der Waals surface area contributed by atoms with Crippen molar-refractivity contribution >= 4 is 23.2 Å². The molecule has 0 radical (unpaired) electrons. The molecular formula is C22H18ClN5O2. The number of rotatable bonds is 5. The predicted molar refractivity (Wildman–Crippen MR) is 115 cm³/mol. The van der Waals surface area contributed by atoms with Crippen molar-refractivity contribution in [2.75, 3.05) is 5.32 Å². The lowest BCUT2D eigenvalue weighted by molar-refractivity contribution is 0.102. The van der Waals surface area contributed by atoms with Gasteiger partial charge in [0.25, 0.3) is 5.91 Å². The fraction of sp³-hybridized carbons (Fsp3) is 0.0909. The molecule has 0 aliphatic heterocycles. The summed E-state index contributed by atoms with van der Waals surface area (Å²) in [7, 11) is 0. The molecule has 2 heterocycles. The summed E-state index contributed by atoms with van der Waals surface area (Å²) >= 11 is 6.22. The van der Waals surface area contributed by atoms with Crippen LogP contribution in [0, 0.1) is 13.8 Å². The van der Waals surface area contributed by atoms with Crippen molar-refractivity contribution in [1.82, 2.24) is 20.0 Å². The zero-order valence-electron chi connectivity index (χ0n) is 16.3. The first kappa shape index (κ1) is 19.6. The van der Waals surface area contributed by atoms with Crippen molar-refractivity contribution < 1.29 is 9.53 Å². The molecule has 2 aromatic carbocycles. The molecule has 0 saturated heterocycles. The Bertz CT molecular complexity index is 1190. The molecule has 0 aliphatic carbocycles. The molecule has 0 fully saturated rings. The van der Waals surface area contributed by atoms with Crippen molar-refractivity contribution in [2.24, 2.45) is 0 Å². The van der Waals surface area contributed by atoms with Crippen LogP contribution >= 0.6 is 11.6 Å². The average molecular weight is 420 g/mol. The van der Waals surface area contributed by atoms with E-state index in [1.807, 2.05) is 31.2 Å². The van der Waals surface area contributed by atoms with E-state index in [9.17, 15) is 4.79 Å². The first-order valence-corrected chi connectivity index (χ1v) is 9.58. The summed E-state index contributed by atoms with van der Waals surface area (Å²) in [4.78, 5) is 16.9. The first-order chi connectivity index (χ1) is 14.5. The lowest BCUT2D eigenvalue weighted by Crippen LogP contribution is -2.14. The van der Waals surface area contributed by atoms with Gasteiger partial charge in [-0.3, -0.25) is 4.79 Å². The van der Waals surface area contributed by atoms with Gasteiger partial charge in [-0.1, -0.05) is 35.0 Å². The molecule has 0 spiro atoms. The first-order valence-electron chi connectivity index (χ1n) is 9.20. The van der Waals surface area contributed by atoms with E-state index in [2.05, 4.69) is 20.6 Å². The molecule has 4 aromatic rings. The van der Waals surface area contributed by atoms with E-state index in [4.69, 9.17) is 16.3 Å². The molecule has 1 amide bonds. The van der Waals surface area contributed by atoms with E-state index < -0.39 is 0 Å². The highest BCUT2D eigenvalue weighted by atomic mass is 35.5. The number of nitrogens with zero attached hydrogens (tertiary/aromatic N) is 4. The number of ether oxygens (including phenoxy) is 1. The number of para-hydroxylation sites is 1. The lowest BCUT2D eigenvalue weighted by Gasteiger charge is -2.08. The molecular weight excluding hydrogens is 402 g/mol. The summed E-state index contributed by atoms with van der Waals surface area (Å²) in [5.74, 6) is 0.758. The largest absolute Gasteiger partial charge is 0.439 e. The minimum absolute atomic E-state index is 0.221. The number of carbonyl (C=O) groups is 1. The topological polar surface area (TPSA) is 81.9 Å². The van der Waals surface area contributed by atoms with Crippen LogP contribution in [0.2, 0.25) is 5.02 Å². The maximum absolute atomic E-state index is 12.7. The van der Waals surface area contributed by atoms with Gasteiger partial charge in [0.1, 0.15) is 5.75 Å². The number of pyridine rings is 1. The van der Waals surface area contributed by atoms with Crippen LogP contribution in [0.5, 0.6) is 11.6 Å². The molecule has 4 rings (SSSR count). The van der Waals surface area contributed by atoms with E-state index in [1.54, 1.807) is 54.2 Å². The van der Waals surface area contributed by atoms with Crippen LogP contribution in [0.15, 0.2) is 66.9 Å². The summed E-state index contributed by atoms with van der Waals surface area (Å²) in [6.45, 7) is 3.73. The van der Waals surface area contributed by atoms with Crippen LogP contribution in [0.3, 0.4) is 0 Å². The van der Waals surface area contributed by atoms with Crippen LogP contribution in [-0.4, -0.2) is 25.9 Å². The SMILES string of the molecule is Cc1ccc(Oc2ccc(NC(=O)c3nnn(-c4ccccc4Cl)c3C)cc2)nc1. The number of nitrogens with one attached hydrogen (secondary N) is 1. The van der Waals surface area contributed by atoms with E-state index in [0.717, 1.165) is 5.56 Å². The number of aromatic nitrogens is 4. The monoisotopic (exact) mass is 419 g/mol. The molecule has 0 saturated carbocycles. The average Bonchev–Trinajstić information content (AvgIpc) is 3.13. The molecule has 1 N–H and O–H groups in total. The molecule has 30 heavy (non-hydrogen) atoms. The van der Waals surface area contributed by atoms with Crippen LogP contribution in [0.1, 0.15) is 21.7 Å². The maximum Gasteiger partial charge on any atom is 0.278 e. The second kappa shape index (κ2) is 8.34. The Balaban J connectivity index is 1.46. The highest BCUT2D eigenvalue weighted by Gasteiger charge is 2.18. The Labute approximate surface area is 178 Å². The molecule has 0 unspecified atom stereocenters. The van der Waals surface area contributed by atoms with Gasteiger partial charge >= 0.3 is 0 Å². The van der Waals surface area contributed by atoms with Crippen LogP contribution < -0.4 is 10.1 Å². The number of halogens is 1. The molecule has 2 aromatic heterocycles. The van der Waals surface area contributed by atoms with Gasteiger partial charge in [-0.15, -0.1) is 5.10 Å². The number of amides is 1. The Morgan fingerprint density at radius 1 is 1.03 bits per heavy atom. The van der Waals surface area contributed by atoms with E-state index in [0.29, 0.717) is 33.7 Å². The third kappa shape index (κ3) is 4.16. The summed E-state index contributed by atoms with van der Waals surface area (Å²) in [5.41, 5.74) is 3.14. The number of hydrogen-bond acceptors (Lipinski definition) is 5. The Hall–Kier alpha value is -3.71. The Kier molecular flexibility index (Phi) is 5.45. The molecule has 8 heteroatoms. The van der Waals surface area contributed by atoms with Crippen molar-refractivity contribution in [3.05, 3.63) is 88.8 Å². The molecule has 0 aliphatic rings. The fourth-order valence-corrected chi connectivity index (χ4v) is 3.04. The molecule has 0 atom stereocenters. The number of hydrogen-bond donors (Lipinski definition) is 1. The summed E-state index contributed by atoms with van der Waals surface area (Å²) in [6, 6.07) is 18.0. The second-order valence-corrected chi connectivity index (χ2v) is 7.05. The highest BCUT2D eigenvalue weighted by Crippen LogP contribution is 2.23. The summed E-state index contributed by atoms with van der Waals surface area (Å²) in [6.07, 6.45) is 1.74. The second-order valence-electron chi connectivity index (χ2n) is 6.64. The van der Waals surface area contributed by atoms with Gasteiger partial charge in [0.2, 0.25) is 5.88 Å². The van der Waals surface area contributed by atoms with Crippen LogP contribution in [-0.2, 0) is 0 Å². The Morgan fingerprint density at radius 2 is 1.80 bits per heavy atom. The molecule has 7 nitrogen and oxygen atoms in total. The number of benzene rings is 2. The normalized spacial score (nSPS) is 10.6. The minimum atomic E-state index is -0.361. The van der Waals surface area contributed by atoms with Crippen molar-refractivity contribution in [3.63, 3.8) is 0 Å². The van der Waals surface area contributed by atoms with Crippen molar-refractivity contribution in [3.8, 4) is 17.3 Å². The molecule has 0 bridgehead atoms. The zero-order valence-corrected chi connectivity index (χ0v) is 17.1. The third-order valence-corrected chi connectivity index (χ3v) is 4.73. The highest BCUT2D eigenvalue weighted by molar-refractivity contribution is 6.32. The van der Waals surface area contributed by atoms with Gasteiger partial charge in [-0.25, -0.2) is 9.67 Å². The van der Waals surface area contributed by atoms with E-state index in [1.165, 1.54) is 0 Å². The quantitative estimate of drug-likeness (QED) is 0.493. The molecule has 150 valence electrons. The summed E-state index contributed by atoms with van der Waals surface area (Å²) < 4.78 is 7.24. The van der Waals surface area contributed by atoms with Gasteiger partial charge in [-0.05, 0) is 55.8 Å². The smallest absolute Gasteiger partial charge is 0.278 e. The van der Waals surface area contributed by atoms with Gasteiger partial charge in [0.15, 0.2) is 5.69 Å². The Morgan fingerprint density at radius 3 is 2.50 bits per heavy atom. The van der Waals surface area contributed by atoms with Gasteiger partial charge in [-0.2, -0.15) is 0 Å². The number of anilines is 1. The minimum Gasteiger partial charge on any atom is -0.439 e. The lowest BCUT2D eigenvalue weighted by atomic mass is 10.2. The predicted octanol–water partition coefficient (Wildman–Crippen LogP) is 4.98. The number of carbonyl (C=O) groups excluding carboxylic acids is 1. The zero-order chi connectivity index (χ0) is 21.1.